The molecule has 0 spiro atoms. The van der Waals surface area contributed by atoms with Crippen LogP contribution in [-0.2, 0) is 5.41 Å². The molecule has 0 unspecified atom stereocenters. The number of nitrogens with one attached hydrogen (secondary N) is 1. The first kappa shape index (κ1) is 11.5. The Morgan fingerprint density at radius 2 is 1.93 bits per heavy atom. The summed E-state index contributed by atoms with van der Waals surface area (Å²) in [6.45, 7) is 5.94. The zero-order chi connectivity index (χ0) is 11.6. The summed E-state index contributed by atoms with van der Waals surface area (Å²) in [6, 6.07) is 3.23. The van der Waals surface area contributed by atoms with E-state index in [0.29, 0.717) is 6.29 Å². The second-order valence-electron chi connectivity index (χ2n) is 4.44. The van der Waals surface area contributed by atoms with E-state index in [1.165, 1.54) is 0 Å². The second-order valence-corrected chi connectivity index (χ2v) is 4.44. The Morgan fingerprint density at radius 3 is 2.33 bits per heavy atom. The van der Waals surface area contributed by atoms with E-state index < -0.39 is 0 Å². The summed E-state index contributed by atoms with van der Waals surface area (Å²) in [5.41, 5.74) is 2.89. The lowest BCUT2D eigenvalue weighted by molar-refractivity contribution is 0.112. The summed E-state index contributed by atoms with van der Waals surface area (Å²) in [5.74, 6) is -0.236. The molecule has 0 bridgehead atoms. The predicted molar refractivity (Wildman–Crippen MR) is 57.6 cm³/mol. The van der Waals surface area contributed by atoms with Crippen molar-refractivity contribution < 1.29 is 15.1 Å². The molecule has 0 aliphatic rings. The van der Waals surface area contributed by atoms with Crippen LogP contribution in [0.5, 0.6) is 5.75 Å². The van der Waals surface area contributed by atoms with Gasteiger partial charge in [-0.3, -0.25) is 15.5 Å². The maximum absolute atomic E-state index is 10.7. The summed E-state index contributed by atoms with van der Waals surface area (Å²) in [7, 11) is 0. The minimum atomic E-state index is -0.236. The maximum Gasteiger partial charge on any atom is 0.153 e. The van der Waals surface area contributed by atoms with Crippen LogP contribution >= 0.6 is 0 Å². The van der Waals surface area contributed by atoms with E-state index in [-0.39, 0.29) is 22.4 Å². The van der Waals surface area contributed by atoms with Crippen molar-refractivity contribution in [2.75, 3.05) is 5.48 Å². The van der Waals surface area contributed by atoms with Gasteiger partial charge in [0.1, 0.15) is 5.69 Å². The van der Waals surface area contributed by atoms with Crippen molar-refractivity contribution in [2.24, 2.45) is 0 Å². The van der Waals surface area contributed by atoms with E-state index in [1.54, 1.807) is 12.1 Å². The summed E-state index contributed by atoms with van der Waals surface area (Å²) in [5, 5.41) is 18.3. The first-order chi connectivity index (χ1) is 6.90. The molecule has 0 aliphatic heterocycles. The monoisotopic (exact) mass is 209 g/mol. The second kappa shape index (κ2) is 3.90. The van der Waals surface area contributed by atoms with Gasteiger partial charge in [-0.1, -0.05) is 20.8 Å². The number of anilines is 1. The maximum atomic E-state index is 10.7. The zero-order valence-electron chi connectivity index (χ0n) is 9.03. The van der Waals surface area contributed by atoms with E-state index in [4.69, 9.17) is 5.21 Å². The zero-order valence-corrected chi connectivity index (χ0v) is 9.03. The molecular weight excluding hydrogens is 194 g/mol. The lowest BCUT2D eigenvalue weighted by atomic mass is 9.85. The number of aromatic hydroxyl groups is 1. The minimum absolute atomic E-state index is 0.143. The standard InChI is InChI=1S/C11H15NO3/c1-11(2,3)8-4-7(6-13)10(14)9(5-8)12-15/h4-6,12,14-15H,1-3H3. The lowest BCUT2D eigenvalue weighted by Gasteiger charge is -2.20. The highest BCUT2D eigenvalue weighted by Gasteiger charge is 2.18. The van der Waals surface area contributed by atoms with Gasteiger partial charge in [0.15, 0.2) is 12.0 Å². The molecule has 1 aromatic rings. The van der Waals surface area contributed by atoms with Gasteiger partial charge in [-0.15, -0.1) is 0 Å². The van der Waals surface area contributed by atoms with Gasteiger partial charge in [0, 0.05) is 0 Å². The number of hydrogen-bond donors (Lipinski definition) is 3. The molecule has 0 aromatic heterocycles. The number of hydrogen-bond acceptors (Lipinski definition) is 4. The Bertz CT molecular complexity index is 380. The van der Waals surface area contributed by atoms with Crippen molar-refractivity contribution in [3.05, 3.63) is 23.3 Å². The number of phenols is 1. The largest absolute Gasteiger partial charge is 0.505 e. The van der Waals surface area contributed by atoms with Crippen LogP contribution in [0.25, 0.3) is 0 Å². The third kappa shape index (κ3) is 2.27. The van der Waals surface area contributed by atoms with Gasteiger partial charge in [0.2, 0.25) is 0 Å². The third-order valence-corrected chi connectivity index (χ3v) is 2.25. The van der Waals surface area contributed by atoms with Crippen molar-refractivity contribution in [3.8, 4) is 5.75 Å². The van der Waals surface area contributed by atoms with E-state index in [9.17, 15) is 9.90 Å². The van der Waals surface area contributed by atoms with Crippen LogP contribution in [0.4, 0.5) is 5.69 Å². The molecular formula is C11H15NO3. The van der Waals surface area contributed by atoms with Gasteiger partial charge in [-0.2, -0.15) is 0 Å². The fourth-order valence-corrected chi connectivity index (χ4v) is 1.26. The highest BCUT2D eigenvalue weighted by atomic mass is 16.5. The van der Waals surface area contributed by atoms with Crippen LogP contribution in [-0.4, -0.2) is 16.6 Å². The molecule has 0 radical (unpaired) electrons. The van der Waals surface area contributed by atoms with Crippen molar-refractivity contribution >= 4 is 12.0 Å². The van der Waals surface area contributed by atoms with E-state index in [2.05, 4.69) is 0 Å². The molecule has 0 amide bonds. The molecule has 82 valence electrons. The quantitative estimate of drug-likeness (QED) is 0.397. The summed E-state index contributed by atoms with van der Waals surface area (Å²) in [6.07, 6.45) is 0.561. The molecule has 4 nitrogen and oxygen atoms in total. The Labute approximate surface area is 88.5 Å². The van der Waals surface area contributed by atoms with E-state index in [1.807, 2.05) is 26.3 Å². The summed E-state index contributed by atoms with van der Waals surface area (Å²) < 4.78 is 0. The van der Waals surface area contributed by atoms with Gasteiger partial charge in [-0.05, 0) is 23.1 Å². The fraction of sp³-hybridized carbons (Fsp3) is 0.364. The average Bonchev–Trinajstić information content (AvgIpc) is 2.16. The SMILES string of the molecule is CC(C)(C)c1cc(C=O)c(O)c(NO)c1. The van der Waals surface area contributed by atoms with Crippen LogP contribution in [0.2, 0.25) is 0 Å². The molecule has 15 heavy (non-hydrogen) atoms. The van der Waals surface area contributed by atoms with Gasteiger partial charge in [-0.25, -0.2) is 0 Å². The van der Waals surface area contributed by atoms with Crippen LogP contribution < -0.4 is 5.48 Å². The van der Waals surface area contributed by atoms with Crippen LogP contribution in [0.1, 0.15) is 36.7 Å². The number of rotatable bonds is 2. The van der Waals surface area contributed by atoms with Crippen LogP contribution in [0, 0.1) is 0 Å². The molecule has 0 saturated carbocycles. The van der Waals surface area contributed by atoms with Crippen molar-refractivity contribution in [3.63, 3.8) is 0 Å². The molecule has 1 aromatic carbocycles. The fourth-order valence-electron chi connectivity index (χ4n) is 1.26. The molecule has 4 heteroatoms. The minimum Gasteiger partial charge on any atom is -0.505 e. The molecule has 3 N–H and O–H groups in total. The number of carbonyl (C=O) groups is 1. The van der Waals surface area contributed by atoms with E-state index in [0.717, 1.165) is 5.56 Å². The number of benzene rings is 1. The van der Waals surface area contributed by atoms with Crippen molar-refractivity contribution in [1.82, 2.24) is 0 Å². The molecule has 0 heterocycles. The Hall–Kier alpha value is -1.55. The molecule has 0 atom stereocenters. The van der Waals surface area contributed by atoms with Crippen molar-refractivity contribution in [1.29, 1.82) is 0 Å². The van der Waals surface area contributed by atoms with Gasteiger partial charge >= 0.3 is 0 Å². The molecule has 0 fully saturated rings. The molecule has 0 saturated heterocycles. The smallest absolute Gasteiger partial charge is 0.153 e. The average molecular weight is 209 g/mol. The number of phenolic OH excluding ortho intramolecular Hbond substituents is 1. The third-order valence-electron chi connectivity index (χ3n) is 2.25. The summed E-state index contributed by atoms with van der Waals surface area (Å²) in [4.78, 5) is 10.7. The normalized spacial score (nSPS) is 11.2. The predicted octanol–water partition coefficient (Wildman–Crippen LogP) is 2.30. The lowest BCUT2D eigenvalue weighted by Crippen LogP contribution is -2.12. The molecule has 0 aliphatic carbocycles. The van der Waals surface area contributed by atoms with Gasteiger partial charge < -0.3 is 5.11 Å². The van der Waals surface area contributed by atoms with Crippen molar-refractivity contribution in [2.45, 2.75) is 26.2 Å². The first-order valence-electron chi connectivity index (χ1n) is 4.63. The van der Waals surface area contributed by atoms with Crippen LogP contribution in [0.3, 0.4) is 0 Å². The Morgan fingerprint density at radius 1 is 1.33 bits per heavy atom. The highest BCUT2D eigenvalue weighted by Crippen LogP contribution is 2.33. The first-order valence-corrected chi connectivity index (χ1v) is 4.63. The number of aldehydes is 1. The Kier molecular flexibility index (Phi) is 3.00. The number of carbonyl (C=O) groups excluding carboxylic acids is 1. The summed E-state index contributed by atoms with van der Waals surface area (Å²) >= 11 is 0. The van der Waals surface area contributed by atoms with Gasteiger partial charge in [0.05, 0.1) is 5.56 Å². The van der Waals surface area contributed by atoms with E-state index >= 15 is 0 Å². The topological polar surface area (TPSA) is 69.6 Å². The van der Waals surface area contributed by atoms with Gasteiger partial charge in [0.25, 0.3) is 0 Å². The highest BCUT2D eigenvalue weighted by molar-refractivity contribution is 5.84. The van der Waals surface area contributed by atoms with Crippen LogP contribution in [0.15, 0.2) is 12.1 Å². The molecule has 1 rings (SSSR count). The Balaban J connectivity index is 3.40.